The van der Waals surface area contributed by atoms with Crippen LogP contribution in [0.25, 0.3) is 0 Å². The lowest BCUT2D eigenvalue weighted by atomic mass is 10.2. The third-order valence-corrected chi connectivity index (χ3v) is 4.21. The van der Waals surface area contributed by atoms with Crippen LogP contribution in [0.1, 0.15) is 32.6 Å². The van der Waals surface area contributed by atoms with Gasteiger partial charge in [0.1, 0.15) is 0 Å². The highest BCUT2D eigenvalue weighted by Crippen LogP contribution is 2.28. The van der Waals surface area contributed by atoms with Crippen molar-refractivity contribution in [3.05, 3.63) is 24.0 Å². The number of aliphatic hydroxyl groups is 1. The molecule has 1 aromatic heterocycles. The van der Waals surface area contributed by atoms with Gasteiger partial charge < -0.3 is 10.0 Å². The van der Waals surface area contributed by atoms with Crippen molar-refractivity contribution in [3.8, 4) is 0 Å². The topological polar surface area (TPSA) is 36.4 Å². The molecular formula is C13H20N2OS. The molecule has 0 aromatic carbocycles. The Morgan fingerprint density at radius 1 is 1.35 bits per heavy atom. The molecule has 0 bridgehead atoms. The van der Waals surface area contributed by atoms with E-state index in [0.29, 0.717) is 10.5 Å². The first kappa shape index (κ1) is 12.7. The van der Waals surface area contributed by atoms with Crippen molar-refractivity contribution in [1.82, 2.24) is 4.98 Å². The minimum atomic E-state index is -0.487. The van der Waals surface area contributed by atoms with E-state index in [1.165, 1.54) is 0 Å². The molecule has 1 N–H and O–H groups in total. The average Bonchev–Trinajstić information content (AvgIpc) is 2.28. The van der Waals surface area contributed by atoms with Gasteiger partial charge in [-0.25, -0.2) is 0 Å². The fourth-order valence-electron chi connectivity index (χ4n) is 2.22. The zero-order valence-corrected chi connectivity index (χ0v) is 11.4. The van der Waals surface area contributed by atoms with Crippen LogP contribution in [0.2, 0.25) is 0 Å². The molecule has 3 atom stereocenters. The molecule has 3 nitrogen and oxygen atoms in total. The molecule has 1 aromatic rings. The summed E-state index contributed by atoms with van der Waals surface area (Å²) >= 11 is 2.05. The summed E-state index contributed by atoms with van der Waals surface area (Å²) in [6, 6.07) is 3.97. The second-order valence-corrected chi connectivity index (χ2v) is 6.66. The number of pyridine rings is 1. The van der Waals surface area contributed by atoms with Gasteiger partial charge in [-0.05, 0) is 19.1 Å². The lowest BCUT2D eigenvalue weighted by Crippen LogP contribution is -2.40. The van der Waals surface area contributed by atoms with E-state index in [9.17, 15) is 5.11 Å². The molecule has 0 saturated carbocycles. The molecule has 17 heavy (non-hydrogen) atoms. The van der Waals surface area contributed by atoms with Gasteiger partial charge in [-0.3, -0.25) is 4.98 Å². The smallest absolute Gasteiger partial charge is 0.0931 e. The van der Waals surface area contributed by atoms with Gasteiger partial charge in [-0.2, -0.15) is 11.8 Å². The zero-order chi connectivity index (χ0) is 12.4. The second kappa shape index (κ2) is 5.27. The summed E-state index contributed by atoms with van der Waals surface area (Å²) in [7, 11) is 0. The molecule has 1 saturated heterocycles. The number of anilines is 1. The molecule has 4 heteroatoms. The van der Waals surface area contributed by atoms with Crippen LogP contribution in [0.3, 0.4) is 0 Å². The van der Waals surface area contributed by atoms with Crippen LogP contribution in [-0.4, -0.2) is 33.7 Å². The summed E-state index contributed by atoms with van der Waals surface area (Å²) in [5, 5.41) is 10.8. The van der Waals surface area contributed by atoms with Crippen molar-refractivity contribution in [2.75, 3.05) is 18.0 Å². The highest BCUT2D eigenvalue weighted by molar-refractivity contribution is 8.00. The van der Waals surface area contributed by atoms with Crippen LogP contribution >= 0.6 is 11.8 Å². The van der Waals surface area contributed by atoms with E-state index in [-0.39, 0.29) is 0 Å². The third kappa shape index (κ3) is 3.13. The van der Waals surface area contributed by atoms with Crippen LogP contribution in [0.5, 0.6) is 0 Å². The van der Waals surface area contributed by atoms with E-state index in [1.807, 2.05) is 24.0 Å². The molecule has 0 aliphatic carbocycles. The first-order chi connectivity index (χ1) is 8.06. The van der Waals surface area contributed by atoms with Crippen molar-refractivity contribution < 1.29 is 5.11 Å². The Bertz CT molecular complexity index is 356. The van der Waals surface area contributed by atoms with Crippen molar-refractivity contribution >= 4 is 17.4 Å². The summed E-state index contributed by atoms with van der Waals surface area (Å²) in [4.78, 5) is 6.68. The molecule has 1 aliphatic rings. The number of rotatable bonds is 2. The number of hydrogen-bond donors (Lipinski definition) is 1. The maximum atomic E-state index is 9.43. The quantitative estimate of drug-likeness (QED) is 0.877. The molecule has 2 unspecified atom stereocenters. The Balaban J connectivity index is 2.11. The maximum Gasteiger partial charge on any atom is 0.0931 e. The van der Waals surface area contributed by atoms with Crippen molar-refractivity contribution in [2.24, 2.45) is 0 Å². The third-order valence-electron chi connectivity index (χ3n) is 2.98. The summed E-state index contributed by atoms with van der Waals surface area (Å²) in [6.07, 6.45) is 1.39. The van der Waals surface area contributed by atoms with Gasteiger partial charge in [0.05, 0.1) is 23.7 Å². The fourth-order valence-corrected chi connectivity index (χ4v) is 3.55. The van der Waals surface area contributed by atoms with Crippen LogP contribution < -0.4 is 4.90 Å². The van der Waals surface area contributed by atoms with E-state index in [4.69, 9.17) is 0 Å². The number of aromatic nitrogens is 1. The molecule has 1 fully saturated rings. The standard InChI is InChI=1S/C13H20N2OS/c1-9-7-15(8-10(2)17-9)12-4-5-13(11(3)16)14-6-12/h4-6,9-11,16H,7-8H2,1-3H3/t9?,10?,11-/m1/s1. The number of nitrogens with zero attached hydrogens (tertiary/aromatic N) is 2. The number of hydrogen-bond acceptors (Lipinski definition) is 4. The van der Waals surface area contributed by atoms with Crippen LogP contribution in [0.4, 0.5) is 5.69 Å². The molecule has 94 valence electrons. The van der Waals surface area contributed by atoms with E-state index in [0.717, 1.165) is 24.5 Å². The van der Waals surface area contributed by atoms with Crippen molar-refractivity contribution in [3.63, 3.8) is 0 Å². The monoisotopic (exact) mass is 252 g/mol. The second-order valence-electron chi connectivity index (χ2n) is 4.78. The molecule has 1 aliphatic heterocycles. The highest BCUT2D eigenvalue weighted by Gasteiger charge is 2.22. The summed E-state index contributed by atoms with van der Waals surface area (Å²) in [6.45, 7) is 8.43. The predicted molar refractivity (Wildman–Crippen MR) is 73.6 cm³/mol. The van der Waals surface area contributed by atoms with Crippen LogP contribution in [0.15, 0.2) is 18.3 Å². The predicted octanol–water partition coefficient (Wildman–Crippen LogP) is 2.47. The first-order valence-corrected chi connectivity index (χ1v) is 7.05. The van der Waals surface area contributed by atoms with E-state index in [1.54, 1.807) is 6.92 Å². The first-order valence-electron chi connectivity index (χ1n) is 6.10. The van der Waals surface area contributed by atoms with Crippen LogP contribution in [-0.2, 0) is 0 Å². The lowest BCUT2D eigenvalue weighted by molar-refractivity contribution is 0.194. The average molecular weight is 252 g/mol. The largest absolute Gasteiger partial charge is 0.387 e. The van der Waals surface area contributed by atoms with Gasteiger partial charge in [0.25, 0.3) is 0 Å². The minimum absolute atomic E-state index is 0.487. The molecule has 2 heterocycles. The van der Waals surface area contributed by atoms with E-state index in [2.05, 4.69) is 29.8 Å². The number of thioether (sulfide) groups is 1. The molecule has 0 spiro atoms. The Morgan fingerprint density at radius 2 is 2.00 bits per heavy atom. The van der Waals surface area contributed by atoms with E-state index >= 15 is 0 Å². The Hall–Kier alpha value is -0.740. The van der Waals surface area contributed by atoms with Gasteiger partial charge in [-0.1, -0.05) is 13.8 Å². The Morgan fingerprint density at radius 3 is 2.47 bits per heavy atom. The van der Waals surface area contributed by atoms with Gasteiger partial charge in [0, 0.05) is 23.6 Å². The molecule has 2 rings (SSSR count). The summed E-state index contributed by atoms with van der Waals surface area (Å²) < 4.78 is 0. The zero-order valence-electron chi connectivity index (χ0n) is 10.6. The fraction of sp³-hybridized carbons (Fsp3) is 0.615. The lowest BCUT2D eigenvalue weighted by Gasteiger charge is -2.36. The van der Waals surface area contributed by atoms with Crippen LogP contribution in [0, 0.1) is 0 Å². The SMILES string of the molecule is CC1CN(c2ccc([C@@H](C)O)nc2)CC(C)S1. The van der Waals surface area contributed by atoms with E-state index < -0.39 is 6.10 Å². The molecule has 0 amide bonds. The summed E-state index contributed by atoms with van der Waals surface area (Å²) in [5.74, 6) is 0. The molecule has 0 radical (unpaired) electrons. The van der Waals surface area contributed by atoms with Gasteiger partial charge in [0.2, 0.25) is 0 Å². The van der Waals surface area contributed by atoms with Gasteiger partial charge in [0.15, 0.2) is 0 Å². The van der Waals surface area contributed by atoms with Gasteiger partial charge in [-0.15, -0.1) is 0 Å². The minimum Gasteiger partial charge on any atom is -0.387 e. The Labute approximate surface area is 107 Å². The molecular weight excluding hydrogens is 232 g/mol. The summed E-state index contributed by atoms with van der Waals surface area (Å²) in [5.41, 5.74) is 1.90. The van der Waals surface area contributed by atoms with Crippen molar-refractivity contribution in [1.29, 1.82) is 0 Å². The highest BCUT2D eigenvalue weighted by atomic mass is 32.2. The van der Waals surface area contributed by atoms with Crippen molar-refractivity contribution in [2.45, 2.75) is 37.4 Å². The Kier molecular flexibility index (Phi) is 3.94. The maximum absolute atomic E-state index is 9.43. The van der Waals surface area contributed by atoms with Gasteiger partial charge >= 0.3 is 0 Å². The normalized spacial score (nSPS) is 26.9. The number of aliphatic hydroxyl groups excluding tert-OH is 1.